The quantitative estimate of drug-likeness (QED) is 0.562. The zero-order chi connectivity index (χ0) is 16.7. The van der Waals surface area contributed by atoms with Gasteiger partial charge in [-0.15, -0.1) is 0 Å². The van der Waals surface area contributed by atoms with Gasteiger partial charge in [0.05, 0.1) is 5.69 Å². The van der Waals surface area contributed by atoms with Crippen molar-refractivity contribution in [3.63, 3.8) is 0 Å². The van der Waals surface area contributed by atoms with Crippen molar-refractivity contribution in [1.82, 2.24) is 10.1 Å². The Morgan fingerprint density at radius 3 is 2.62 bits per heavy atom. The molecule has 4 aromatic rings. The number of halogens is 1. The number of hydrogen-bond acceptors (Lipinski definition) is 2. The van der Waals surface area contributed by atoms with Crippen molar-refractivity contribution in [2.45, 2.75) is 20.4 Å². The highest BCUT2D eigenvalue weighted by molar-refractivity contribution is 6.30. The molecule has 5 heteroatoms. The van der Waals surface area contributed by atoms with Gasteiger partial charge in [-0.25, -0.2) is 9.55 Å². The molecule has 0 unspecified atom stereocenters. The molecule has 4 rings (SSSR count). The van der Waals surface area contributed by atoms with Crippen LogP contribution in [0, 0.1) is 13.8 Å². The van der Waals surface area contributed by atoms with Crippen LogP contribution in [0.4, 0.5) is 0 Å². The zero-order valence-corrected chi connectivity index (χ0v) is 14.3. The maximum atomic E-state index is 5.95. The standard InChI is InChI=1S/C19H16ClN3O/c1-12-19(13(2)24-22-12)15-5-8-18-17(9-15)21-11-23(18)10-14-3-6-16(20)7-4-14/h3-9,11H,10H2,1-2H3/p+1. The summed E-state index contributed by atoms with van der Waals surface area (Å²) in [7, 11) is 0. The van der Waals surface area contributed by atoms with E-state index >= 15 is 0 Å². The molecule has 0 spiro atoms. The molecule has 0 radical (unpaired) electrons. The minimum Gasteiger partial charge on any atom is -0.361 e. The number of rotatable bonds is 3. The molecule has 0 saturated heterocycles. The van der Waals surface area contributed by atoms with Crippen LogP contribution in [0.1, 0.15) is 17.0 Å². The summed E-state index contributed by atoms with van der Waals surface area (Å²) in [6.45, 7) is 4.70. The number of nitrogens with zero attached hydrogens (tertiary/aromatic N) is 2. The minimum atomic E-state index is 0.756. The Bertz CT molecular complexity index is 995. The van der Waals surface area contributed by atoms with Gasteiger partial charge in [0.25, 0.3) is 0 Å². The van der Waals surface area contributed by atoms with Crippen molar-refractivity contribution in [3.05, 3.63) is 70.8 Å². The summed E-state index contributed by atoms with van der Waals surface area (Å²) in [5.41, 5.74) is 6.53. The lowest BCUT2D eigenvalue weighted by molar-refractivity contribution is -0.662. The molecule has 24 heavy (non-hydrogen) atoms. The van der Waals surface area contributed by atoms with Crippen LogP contribution in [0.15, 0.2) is 53.3 Å². The predicted molar refractivity (Wildman–Crippen MR) is 94.0 cm³/mol. The van der Waals surface area contributed by atoms with Gasteiger partial charge >= 0.3 is 0 Å². The summed E-state index contributed by atoms with van der Waals surface area (Å²) in [6.07, 6.45) is 2.00. The molecule has 4 nitrogen and oxygen atoms in total. The average Bonchev–Trinajstić information content (AvgIpc) is 3.12. The van der Waals surface area contributed by atoms with E-state index in [0.717, 1.165) is 45.2 Å². The minimum absolute atomic E-state index is 0.756. The molecule has 1 N–H and O–H groups in total. The fourth-order valence-electron chi connectivity index (χ4n) is 3.09. The number of hydrogen-bond donors (Lipinski definition) is 1. The molecule has 0 amide bonds. The Hall–Kier alpha value is -2.59. The van der Waals surface area contributed by atoms with Gasteiger partial charge in [-0.2, -0.15) is 0 Å². The number of nitrogens with one attached hydrogen (secondary N) is 1. The van der Waals surface area contributed by atoms with E-state index in [1.165, 1.54) is 5.56 Å². The Labute approximate surface area is 144 Å². The first kappa shape index (κ1) is 15.0. The van der Waals surface area contributed by atoms with Crippen molar-refractivity contribution in [1.29, 1.82) is 0 Å². The fraction of sp³-hybridized carbons (Fsp3) is 0.158. The van der Waals surface area contributed by atoms with Gasteiger partial charge in [-0.1, -0.05) is 28.9 Å². The van der Waals surface area contributed by atoms with Crippen LogP contribution in [0.3, 0.4) is 0 Å². The molecule has 120 valence electrons. The van der Waals surface area contributed by atoms with E-state index in [0.29, 0.717) is 0 Å². The summed E-state index contributed by atoms with van der Waals surface area (Å²) in [5.74, 6) is 0.840. The van der Waals surface area contributed by atoms with Crippen molar-refractivity contribution in [2.24, 2.45) is 0 Å². The van der Waals surface area contributed by atoms with Crippen LogP contribution in [0.5, 0.6) is 0 Å². The highest BCUT2D eigenvalue weighted by atomic mass is 35.5. The summed E-state index contributed by atoms with van der Waals surface area (Å²) >= 11 is 5.95. The van der Waals surface area contributed by atoms with E-state index in [4.69, 9.17) is 16.1 Å². The Morgan fingerprint density at radius 1 is 1.12 bits per heavy atom. The number of benzene rings is 2. The first-order chi connectivity index (χ1) is 11.6. The first-order valence-corrected chi connectivity index (χ1v) is 8.18. The van der Waals surface area contributed by atoms with Gasteiger partial charge in [-0.05, 0) is 55.3 Å². The molecule has 2 heterocycles. The second-order valence-corrected chi connectivity index (χ2v) is 6.40. The molecule has 0 atom stereocenters. The van der Waals surface area contributed by atoms with Gasteiger partial charge in [0.15, 0.2) is 11.0 Å². The first-order valence-electron chi connectivity index (χ1n) is 7.80. The molecular weight excluding hydrogens is 322 g/mol. The lowest BCUT2D eigenvalue weighted by atomic mass is 10.0. The van der Waals surface area contributed by atoms with E-state index in [2.05, 4.69) is 32.9 Å². The average molecular weight is 339 g/mol. The predicted octanol–water partition coefficient (Wildman–Crippen LogP) is 4.43. The highest BCUT2D eigenvalue weighted by Gasteiger charge is 2.15. The second kappa shape index (κ2) is 5.80. The van der Waals surface area contributed by atoms with Crippen molar-refractivity contribution >= 4 is 22.6 Å². The monoisotopic (exact) mass is 338 g/mol. The summed E-state index contributed by atoms with van der Waals surface area (Å²) in [4.78, 5) is 3.35. The lowest BCUT2D eigenvalue weighted by Crippen LogP contribution is -2.32. The maximum Gasteiger partial charge on any atom is 0.242 e. The molecule has 0 aliphatic rings. The van der Waals surface area contributed by atoms with Crippen LogP contribution in [-0.4, -0.2) is 10.1 Å². The lowest BCUT2D eigenvalue weighted by Gasteiger charge is -2.01. The van der Waals surface area contributed by atoms with Gasteiger partial charge < -0.3 is 4.52 Å². The Balaban J connectivity index is 1.72. The van der Waals surface area contributed by atoms with E-state index in [9.17, 15) is 0 Å². The highest BCUT2D eigenvalue weighted by Crippen LogP contribution is 2.28. The molecule has 0 aliphatic heterocycles. The fourth-order valence-corrected chi connectivity index (χ4v) is 3.21. The van der Waals surface area contributed by atoms with Crippen LogP contribution in [-0.2, 0) is 6.54 Å². The molecule has 2 aromatic heterocycles. The zero-order valence-electron chi connectivity index (χ0n) is 13.5. The number of imidazole rings is 1. The van der Waals surface area contributed by atoms with Crippen LogP contribution in [0.2, 0.25) is 5.02 Å². The molecule has 0 saturated carbocycles. The summed E-state index contributed by atoms with van der Waals surface area (Å²) in [6, 6.07) is 14.3. The van der Waals surface area contributed by atoms with E-state index in [-0.39, 0.29) is 0 Å². The number of aromatic amines is 1. The maximum absolute atomic E-state index is 5.95. The van der Waals surface area contributed by atoms with Gasteiger partial charge in [0, 0.05) is 10.6 Å². The Morgan fingerprint density at radius 2 is 1.92 bits per heavy atom. The molecule has 0 fully saturated rings. The molecule has 0 aliphatic carbocycles. The van der Waals surface area contributed by atoms with E-state index in [1.54, 1.807) is 0 Å². The summed E-state index contributed by atoms with van der Waals surface area (Å²) < 4.78 is 7.47. The van der Waals surface area contributed by atoms with Crippen LogP contribution >= 0.6 is 11.6 Å². The van der Waals surface area contributed by atoms with E-state index < -0.39 is 0 Å². The number of aromatic nitrogens is 3. The molecule has 2 aromatic carbocycles. The Kier molecular flexibility index (Phi) is 3.62. The largest absolute Gasteiger partial charge is 0.361 e. The van der Waals surface area contributed by atoms with Gasteiger partial charge in [0.1, 0.15) is 12.3 Å². The van der Waals surface area contributed by atoms with Crippen molar-refractivity contribution in [2.75, 3.05) is 0 Å². The van der Waals surface area contributed by atoms with Gasteiger partial charge in [0.2, 0.25) is 6.33 Å². The molecule has 0 bridgehead atoms. The topological polar surface area (TPSA) is 45.7 Å². The third-order valence-corrected chi connectivity index (χ3v) is 4.52. The van der Waals surface area contributed by atoms with Crippen LogP contribution < -0.4 is 4.57 Å². The van der Waals surface area contributed by atoms with Crippen LogP contribution in [0.25, 0.3) is 22.2 Å². The summed E-state index contributed by atoms with van der Waals surface area (Å²) in [5, 5.41) is 4.80. The van der Waals surface area contributed by atoms with Crippen molar-refractivity contribution in [3.8, 4) is 11.1 Å². The smallest absolute Gasteiger partial charge is 0.242 e. The van der Waals surface area contributed by atoms with Gasteiger partial charge in [-0.3, -0.25) is 0 Å². The third-order valence-electron chi connectivity index (χ3n) is 4.27. The number of fused-ring (bicyclic) bond motifs is 1. The third kappa shape index (κ3) is 2.59. The number of aryl methyl sites for hydroxylation is 2. The van der Waals surface area contributed by atoms with Crippen molar-refractivity contribution < 1.29 is 9.09 Å². The number of H-pyrrole nitrogens is 1. The normalized spacial score (nSPS) is 11.3. The molecular formula is C19H17ClN3O+. The second-order valence-electron chi connectivity index (χ2n) is 5.96. The SMILES string of the molecule is Cc1noc(C)c1-c1ccc2c(c1)[nH]c[n+]2Cc1ccc(Cl)cc1. The van der Waals surface area contributed by atoms with E-state index in [1.807, 2.05) is 44.4 Å².